The molecule has 0 saturated carbocycles. The highest BCUT2D eigenvalue weighted by Gasteiger charge is 2.26. The third kappa shape index (κ3) is 2.50. The number of hydrogen-bond acceptors (Lipinski definition) is 3. The number of aromatic nitrogens is 2. The molecule has 2 amide bonds. The van der Waals surface area contributed by atoms with Crippen LogP contribution in [0.25, 0.3) is 11.6 Å². The van der Waals surface area contributed by atoms with E-state index in [1.54, 1.807) is 6.07 Å². The van der Waals surface area contributed by atoms with Gasteiger partial charge in [0.1, 0.15) is 5.82 Å². The SMILES string of the molecule is CC(=O)Nc1cnc2c(c1)C(=Cc1[nH]c(C)cc1C)C(=O)N2. The maximum Gasteiger partial charge on any atom is 0.257 e. The number of H-pyrrole nitrogens is 1. The summed E-state index contributed by atoms with van der Waals surface area (Å²) in [5.41, 5.74) is 4.77. The first-order valence-electron chi connectivity index (χ1n) is 6.91. The zero-order chi connectivity index (χ0) is 15.9. The lowest BCUT2D eigenvalue weighted by Crippen LogP contribution is -2.06. The maximum atomic E-state index is 12.2. The number of aryl methyl sites for hydroxylation is 2. The van der Waals surface area contributed by atoms with Crippen molar-refractivity contribution in [2.24, 2.45) is 0 Å². The summed E-state index contributed by atoms with van der Waals surface area (Å²) < 4.78 is 0. The molecule has 3 heterocycles. The monoisotopic (exact) mass is 296 g/mol. The highest BCUT2D eigenvalue weighted by atomic mass is 16.2. The van der Waals surface area contributed by atoms with E-state index in [4.69, 9.17) is 0 Å². The molecular weight excluding hydrogens is 280 g/mol. The summed E-state index contributed by atoms with van der Waals surface area (Å²) in [6.07, 6.45) is 3.33. The summed E-state index contributed by atoms with van der Waals surface area (Å²) in [4.78, 5) is 30.7. The molecule has 0 aliphatic carbocycles. The van der Waals surface area contributed by atoms with Gasteiger partial charge in [0, 0.05) is 23.9 Å². The fourth-order valence-corrected chi connectivity index (χ4v) is 2.53. The van der Waals surface area contributed by atoms with Gasteiger partial charge >= 0.3 is 0 Å². The van der Waals surface area contributed by atoms with Gasteiger partial charge in [-0.15, -0.1) is 0 Å². The average Bonchev–Trinajstić information content (AvgIpc) is 2.90. The number of aromatic amines is 1. The van der Waals surface area contributed by atoms with Crippen LogP contribution in [0.4, 0.5) is 11.5 Å². The van der Waals surface area contributed by atoms with E-state index in [1.165, 1.54) is 13.1 Å². The molecule has 3 rings (SSSR count). The number of rotatable bonds is 2. The minimum Gasteiger partial charge on any atom is -0.359 e. The number of hydrogen-bond donors (Lipinski definition) is 3. The van der Waals surface area contributed by atoms with Crippen LogP contribution < -0.4 is 10.6 Å². The van der Waals surface area contributed by atoms with Crippen LogP contribution in [0.1, 0.15) is 29.4 Å². The molecule has 0 fully saturated rings. The van der Waals surface area contributed by atoms with Gasteiger partial charge < -0.3 is 15.6 Å². The van der Waals surface area contributed by atoms with E-state index >= 15 is 0 Å². The van der Waals surface area contributed by atoms with Crippen LogP contribution in [0.15, 0.2) is 18.3 Å². The summed E-state index contributed by atoms with van der Waals surface area (Å²) in [6.45, 7) is 5.38. The first-order chi connectivity index (χ1) is 10.4. The van der Waals surface area contributed by atoms with Crippen molar-refractivity contribution in [2.75, 3.05) is 10.6 Å². The molecule has 2 aromatic rings. The number of carbonyl (C=O) groups excluding carboxylic acids is 2. The summed E-state index contributed by atoms with van der Waals surface area (Å²) >= 11 is 0. The van der Waals surface area contributed by atoms with Gasteiger partial charge in [-0.25, -0.2) is 4.98 Å². The minimum absolute atomic E-state index is 0.180. The number of nitrogens with zero attached hydrogens (tertiary/aromatic N) is 1. The van der Waals surface area contributed by atoms with Crippen molar-refractivity contribution in [2.45, 2.75) is 20.8 Å². The van der Waals surface area contributed by atoms with Crippen LogP contribution >= 0.6 is 0 Å². The van der Waals surface area contributed by atoms with Gasteiger partial charge in [-0.3, -0.25) is 9.59 Å². The molecule has 0 unspecified atom stereocenters. The largest absolute Gasteiger partial charge is 0.359 e. The molecular formula is C16H16N4O2. The van der Waals surface area contributed by atoms with Crippen molar-refractivity contribution < 1.29 is 9.59 Å². The number of fused-ring (bicyclic) bond motifs is 1. The van der Waals surface area contributed by atoms with Gasteiger partial charge in [-0.2, -0.15) is 0 Å². The second-order valence-electron chi connectivity index (χ2n) is 5.36. The summed E-state index contributed by atoms with van der Waals surface area (Å²) in [7, 11) is 0. The topological polar surface area (TPSA) is 86.9 Å². The molecule has 1 aliphatic heterocycles. The number of anilines is 2. The molecule has 0 saturated heterocycles. The second-order valence-corrected chi connectivity index (χ2v) is 5.36. The number of carbonyl (C=O) groups is 2. The molecule has 1 aliphatic rings. The third-order valence-corrected chi connectivity index (χ3v) is 3.45. The molecule has 0 bridgehead atoms. The van der Waals surface area contributed by atoms with Crippen LogP contribution in [0.5, 0.6) is 0 Å². The molecule has 6 heteroatoms. The van der Waals surface area contributed by atoms with Crippen LogP contribution in [0.2, 0.25) is 0 Å². The van der Waals surface area contributed by atoms with Gasteiger partial charge in [-0.1, -0.05) is 0 Å². The van der Waals surface area contributed by atoms with Crippen molar-refractivity contribution >= 4 is 35.0 Å². The van der Waals surface area contributed by atoms with Gasteiger partial charge in [0.2, 0.25) is 5.91 Å². The quantitative estimate of drug-likeness (QED) is 0.744. The van der Waals surface area contributed by atoms with Crippen molar-refractivity contribution in [3.8, 4) is 0 Å². The predicted molar refractivity (Wildman–Crippen MR) is 85.3 cm³/mol. The van der Waals surface area contributed by atoms with Crippen LogP contribution in [0.3, 0.4) is 0 Å². The van der Waals surface area contributed by atoms with Gasteiger partial charge in [0.15, 0.2) is 0 Å². The Kier molecular flexibility index (Phi) is 3.29. The Labute approximate surface area is 127 Å². The second kappa shape index (κ2) is 5.14. The molecule has 3 N–H and O–H groups in total. The lowest BCUT2D eigenvalue weighted by atomic mass is 10.1. The van der Waals surface area contributed by atoms with E-state index in [0.29, 0.717) is 22.6 Å². The Morgan fingerprint density at radius 2 is 2.09 bits per heavy atom. The summed E-state index contributed by atoms with van der Waals surface area (Å²) in [5, 5.41) is 5.40. The number of amides is 2. The molecule has 0 aromatic carbocycles. The smallest absolute Gasteiger partial charge is 0.257 e. The summed E-state index contributed by atoms with van der Waals surface area (Å²) in [5.74, 6) is 0.126. The van der Waals surface area contributed by atoms with E-state index in [1.807, 2.05) is 26.0 Å². The van der Waals surface area contributed by atoms with Crippen molar-refractivity contribution in [1.29, 1.82) is 0 Å². The highest BCUT2D eigenvalue weighted by molar-refractivity contribution is 6.34. The van der Waals surface area contributed by atoms with Crippen LogP contribution in [-0.4, -0.2) is 21.8 Å². The maximum absolute atomic E-state index is 12.2. The third-order valence-electron chi connectivity index (χ3n) is 3.45. The lowest BCUT2D eigenvalue weighted by Gasteiger charge is -2.04. The number of nitrogens with one attached hydrogen (secondary N) is 3. The van der Waals surface area contributed by atoms with E-state index in [9.17, 15) is 9.59 Å². The zero-order valence-electron chi connectivity index (χ0n) is 12.6. The lowest BCUT2D eigenvalue weighted by molar-refractivity contribution is -0.114. The fourth-order valence-electron chi connectivity index (χ4n) is 2.53. The van der Waals surface area contributed by atoms with E-state index in [2.05, 4.69) is 20.6 Å². The predicted octanol–water partition coefficient (Wildman–Crippen LogP) is 2.48. The molecule has 0 atom stereocenters. The van der Waals surface area contributed by atoms with Crippen molar-refractivity contribution in [3.05, 3.63) is 40.8 Å². The Balaban J connectivity index is 2.06. The van der Waals surface area contributed by atoms with E-state index < -0.39 is 0 Å². The Morgan fingerprint density at radius 1 is 1.32 bits per heavy atom. The Bertz CT molecular complexity index is 818. The first-order valence-corrected chi connectivity index (χ1v) is 6.91. The first kappa shape index (κ1) is 14.1. The molecule has 2 aromatic heterocycles. The van der Waals surface area contributed by atoms with Gasteiger partial charge in [0.05, 0.1) is 17.5 Å². The molecule has 112 valence electrons. The van der Waals surface area contributed by atoms with E-state index in [0.717, 1.165) is 17.0 Å². The van der Waals surface area contributed by atoms with Crippen molar-refractivity contribution in [1.82, 2.24) is 9.97 Å². The number of pyridine rings is 1. The fraction of sp³-hybridized carbons (Fsp3) is 0.188. The molecule has 6 nitrogen and oxygen atoms in total. The Hall–Kier alpha value is -2.89. The molecule has 0 radical (unpaired) electrons. The summed E-state index contributed by atoms with van der Waals surface area (Å²) in [6, 6.07) is 3.77. The average molecular weight is 296 g/mol. The highest BCUT2D eigenvalue weighted by Crippen LogP contribution is 2.33. The van der Waals surface area contributed by atoms with Gasteiger partial charge in [0.25, 0.3) is 5.91 Å². The Morgan fingerprint density at radius 3 is 2.73 bits per heavy atom. The van der Waals surface area contributed by atoms with Crippen molar-refractivity contribution in [3.63, 3.8) is 0 Å². The standard InChI is InChI=1S/C16H16N4O2/c1-8-4-9(2)18-14(8)6-13-12-5-11(19-10(3)21)7-17-15(12)20-16(13)22/h4-7,18H,1-3H3,(H,19,21)(H,17,20,22). The minimum atomic E-state index is -0.200. The van der Waals surface area contributed by atoms with E-state index in [-0.39, 0.29) is 11.8 Å². The van der Waals surface area contributed by atoms with Crippen LogP contribution in [-0.2, 0) is 9.59 Å². The van der Waals surface area contributed by atoms with Gasteiger partial charge in [-0.05, 0) is 37.6 Å². The molecule has 0 spiro atoms. The zero-order valence-corrected chi connectivity index (χ0v) is 12.6. The van der Waals surface area contributed by atoms with Crippen LogP contribution in [0, 0.1) is 13.8 Å². The normalized spacial score (nSPS) is 14.9. The molecule has 22 heavy (non-hydrogen) atoms.